The Morgan fingerprint density at radius 2 is 1.74 bits per heavy atom. The van der Waals surface area contributed by atoms with Crippen molar-refractivity contribution in [3.8, 4) is 0 Å². The summed E-state index contributed by atoms with van der Waals surface area (Å²) in [6, 6.07) is 15.3. The van der Waals surface area contributed by atoms with Crippen molar-refractivity contribution in [1.29, 1.82) is 0 Å². The number of amides is 1. The van der Waals surface area contributed by atoms with Gasteiger partial charge in [-0.3, -0.25) is 10.2 Å². The van der Waals surface area contributed by atoms with E-state index in [0.29, 0.717) is 0 Å². The Balaban J connectivity index is 2.24. The fourth-order valence-electron chi connectivity index (χ4n) is 1.63. The molecule has 1 amide bonds. The minimum atomic E-state index is -0.461. The lowest BCUT2D eigenvalue weighted by Crippen LogP contribution is -2.33. The third-order valence-corrected chi connectivity index (χ3v) is 3.82. The van der Waals surface area contributed by atoms with E-state index in [9.17, 15) is 9.18 Å². The summed E-state index contributed by atoms with van der Waals surface area (Å²) in [6.45, 7) is 0. The van der Waals surface area contributed by atoms with Crippen LogP contribution in [0.1, 0.15) is 10.8 Å². The van der Waals surface area contributed by atoms with Gasteiger partial charge in [0.2, 0.25) is 0 Å². The second kappa shape index (κ2) is 6.36. The second-order valence-electron chi connectivity index (χ2n) is 3.87. The molecule has 0 bridgehead atoms. The first kappa shape index (κ1) is 13.6. The predicted molar refractivity (Wildman–Crippen MR) is 73.8 cm³/mol. The quantitative estimate of drug-likeness (QED) is 0.391. The fraction of sp³-hybridized carbons (Fsp3) is 0.0714. The maximum absolute atomic E-state index is 12.9. The molecule has 19 heavy (non-hydrogen) atoms. The van der Waals surface area contributed by atoms with Gasteiger partial charge in [0.1, 0.15) is 11.1 Å². The van der Waals surface area contributed by atoms with E-state index in [1.807, 2.05) is 30.3 Å². The van der Waals surface area contributed by atoms with Crippen molar-refractivity contribution >= 4 is 17.7 Å². The summed E-state index contributed by atoms with van der Waals surface area (Å²) in [5.74, 6) is 4.62. The van der Waals surface area contributed by atoms with E-state index < -0.39 is 5.25 Å². The Labute approximate surface area is 115 Å². The Bertz CT molecular complexity index is 545. The van der Waals surface area contributed by atoms with Crippen LogP contribution in [0.15, 0.2) is 59.5 Å². The van der Waals surface area contributed by atoms with Gasteiger partial charge in [0.25, 0.3) is 5.91 Å². The molecule has 0 aliphatic carbocycles. The molecule has 0 saturated carbocycles. The average Bonchev–Trinajstić information content (AvgIpc) is 2.47. The zero-order chi connectivity index (χ0) is 13.7. The van der Waals surface area contributed by atoms with E-state index in [2.05, 4.69) is 5.43 Å². The number of carbonyl (C=O) groups is 1. The van der Waals surface area contributed by atoms with Crippen LogP contribution in [0.3, 0.4) is 0 Å². The molecular formula is C14H13FN2OS. The largest absolute Gasteiger partial charge is 0.293 e. The molecule has 3 N–H and O–H groups in total. The zero-order valence-corrected chi connectivity index (χ0v) is 10.9. The van der Waals surface area contributed by atoms with Gasteiger partial charge in [-0.15, -0.1) is 11.8 Å². The molecular weight excluding hydrogens is 263 g/mol. The highest BCUT2D eigenvalue weighted by Crippen LogP contribution is 2.35. The minimum absolute atomic E-state index is 0.291. The molecule has 2 rings (SSSR count). The molecule has 1 atom stereocenters. The number of nitrogens with two attached hydrogens (primary N) is 1. The third-order valence-electron chi connectivity index (χ3n) is 2.55. The van der Waals surface area contributed by atoms with Crippen LogP contribution in [0.4, 0.5) is 4.39 Å². The molecule has 0 spiro atoms. The van der Waals surface area contributed by atoms with E-state index >= 15 is 0 Å². The van der Waals surface area contributed by atoms with Gasteiger partial charge in [-0.25, -0.2) is 10.2 Å². The number of hydrazine groups is 1. The van der Waals surface area contributed by atoms with Crippen LogP contribution >= 0.6 is 11.8 Å². The molecule has 0 fully saturated rings. The minimum Gasteiger partial charge on any atom is -0.293 e. The van der Waals surface area contributed by atoms with E-state index in [1.165, 1.54) is 23.9 Å². The zero-order valence-electron chi connectivity index (χ0n) is 10.0. The average molecular weight is 276 g/mol. The molecule has 0 aliphatic rings. The summed E-state index contributed by atoms with van der Waals surface area (Å²) in [5, 5.41) is -0.461. The van der Waals surface area contributed by atoms with Crippen molar-refractivity contribution in [3.05, 3.63) is 66.0 Å². The first-order valence-corrected chi connectivity index (χ1v) is 6.56. The van der Waals surface area contributed by atoms with E-state index in [4.69, 9.17) is 5.84 Å². The smallest absolute Gasteiger partial charge is 0.251 e. The molecule has 0 aliphatic heterocycles. The topological polar surface area (TPSA) is 55.1 Å². The number of thioether (sulfide) groups is 1. The van der Waals surface area contributed by atoms with Gasteiger partial charge in [-0.05, 0) is 29.8 Å². The number of hydrogen-bond donors (Lipinski definition) is 2. The van der Waals surface area contributed by atoms with E-state index in [-0.39, 0.29) is 11.7 Å². The van der Waals surface area contributed by atoms with Gasteiger partial charge in [0.15, 0.2) is 0 Å². The fourth-order valence-corrected chi connectivity index (χ4v) is 2.66. The number of halogens is 1. The molecule has 98 valence electrons. The lowest BCUT2D eigenvalue weighted by molar-refractivity contribution is -0.120. The Hall–Kier alpha value is -1.85. The van der Waals surface area contributed by atoms with Gasteiger partial charge >= 0.3 is 0 Å². The number of hydrogen-bond acceptors (Lipinski definition) is 3. The molecule has 1 unspecified atom stereocenters. The van der Waals surface area contributed by atoms with Gasteiger partial charge in [-0.1, -0.05) is 30.3 Å². The summed E-state index contributed by atoms with van der Waals surface area (Å²) in [4.78, 5) is 12.7. The van der Waals surface area contributed by atoms with Crippen LogP contribution in [0, 0.1) is 5.82 Å². The maximum atomic E-state index is 12.9. The third kappa shape index (κ3) is 3.56. The molecule has 0 radical (unpaired) electrons. The van der Waals surface area contributed by atoms with Crippen molar-refractivity contribution in [2.45, 2.75) is 10.1 Å². The van der Waals surface area contributed by atoms with E-state index in [0.717, 1.165) is 10.5 Å². The van der Waals surface area contributed by atoms with Gasteiger partial charge in [0.05, 0.1) is 0 Å². The van der Waals surface area contributed by atoms with Gasteiger partial charge in [-0.2, -0.15) is 0 Å². The highest BCUT2D eigenvalue weighted by atomic mass is 32.2. The van der Waals surface area contributed by atoms with Crippen molar-refractivity contribution < 1.29 is 9.18 Å². The number of rotatable bonds is 4. The lowest BCUT2D eigenvalue weighted by atomic mass is 10.1. The first-order valence-electron chi connectivity index (χ1n) is 5.68. The van der Waals surface area contributed by atoms with Crippen molar-refractivity contribution in [2.75, 3.05) is 0 Å². The first-order chi connectivity index (χ1) is 9.20. The van der Waals surface area contributed by atoms with Crippen LogP contribution in [-0.4, -0.2) is 5.91 Å². The molecule has 5 heteroatoms. The van der Waals surface area contributed by atoms with Crippen LogP contribution in [0.25, 0.3) is 0 Å². The molecule has 0 saturated heterocycles. The standard InChI is InChI=1S/C14H13FN2OS/c15-11-6-8-12(9-7-11)19-13(14(18)17-16)10-4-2-1-3-5-10/h1-9,13H,16H2,(H,17,18). The lowest BCUT2D eigenvalue weighted by Gasteiger charge is -2.15. The SMILES string of the molecule is NNC(=O)C(Sc1ccc(F)cc1)c1ccccc1. The number of benzene rings is 2. The summed E-state index contributed by atoms with van der Waals surface area (Å²) in [7, 11) is 0. The molecule has 0 heterocycles. The number of carbonyl (C=O) groups excluding carboxylic acids is 1. The summed E-state index contributed by atoms with van der Waals surface area (Å²) < 4.78 is 12.9. The maximum Gasteiger partial charge on any atom is 0.251 e. The molecule has 2 aromatic carbocycles. The predicted octanol–water partition coefficient (Wildman–Crippen LogP) is 2.65. The van der Waals surface area contributed by atoms with Crippen molar-refractivity contribution in [3.63, 3.8) is 0 Å². The van der Waals surface area contributed by atoms with Crippen LogP contribution in [0.2, 0.25) is 0 Å². The van der Waals surface area contributed by atoms with Crippen molar-refractivity contribution in [2.24, 2.45) is 5.84 Å². The Morgan fingerprint density at radius 1 is 1.11 bits per heavy atom. The number of nitrogens with one attached hydrogen (secondary N) is 1. The van der Waals surface area contributed by atoms with Gasteiger partial charge in [0, 0.05) is 4.90 Å². The highest BCUT2D eigenvalue weighted by Gasteiger charge is 2.20. The summed E-state index contributed by atoms with van der Waals surface area (Å²) >= 11 is 1.32. The highest BCUT2D eigenvalue weighted by molar-refractivity contribution is 8.00. The molecule has 2 aromatic rings. The van der Waals surface area contributed by atoms with Crippen LogP contribution in [-0.2, 0) is 4.79 Å². The van der Waals surface area contributed by atoms with Crippen LogP contribution in [0.5, 0.6) is 0 Å². The Kier molecular flexibility index (Phi) is 4.54. The van der Waals surface area contributed by atoms with Gasteiger partial charge < -0.3 is 0 Å². The molecule has 3 nitrogen and oxygen atoms in total. The summed E-state index contributed by atoms with van der Waals surface area (Å²) in [6.07, 6.45) is 0. The van der Waals surface area contributed by atoms with Crippen LogP contribution < -0.4 is 11.3 Å². The second-order valence-corrected chi connectivity index (χ2v) is 5.05. The molecule has 0 aromatic heterocycles. The monoisotopic (exact) mass is 276 g/mol. The van der Waals surface area contributed by atoms with E-state index in [1.54, 1.807) is 12.1 Å². The summed E-state index contributed by atoms with van der Waals surface area (Å²) in [5.41, 5.74) is 3.01. The Morgan fingerprint density at radius 3 is 2.32 bits per heavy atom. The normalized spacial score (nSPS) is 11.9. The van der Waals surface area contributed by atoms with Crippen molar-refractivity contribution in [1.82, 2.24) is 5.43 Å².